The predicted molar refractivity (Wildman–Crippen MR) is 80.1 cm³/mol. The van der Waals surface area contributed by atoms with Crippen LogP contribution >= 0.6 is 11.6 Å². The minimum atomic E-state index is 0.729. The fourth-order valence-electron chi connectivity index (χ4n) is 2.85. The van der Waals surface area contributed by atoms with Crippen LogP contribution in [0.4, 0.5) is 0 Å². The van der Waals surface area contributed by atoms with Crippen LogP contribution in [0.5, 0.6) is 0 Å². The molecule has 4 rings (SSSR count). The van der Waals surface area contributed by atoms with Crippen molar-refractivity contribution in [3.8, 4) is 11.3 Å². The van der Waals surface area contributed by atoms with Gasteiger partial charge in [0.25, 0.3) is 0 Å². The predicted octanol–water partition coefficient (Wildman–Crippen LogP) is 3.93. The summed E-state index contributed by atoms with van der Waals surface area (Å²) >= 11 is 6.52. The van der Waals surface area contributed by atoms with Crippen LogP contribution in [0.25, 0.3) is 16.9 Å². The average molecular weight is 284 g/mol. The van der Waals surface area contributed by atoms with E-state index >= 15 is 0 Å². The summed E-state index contributed by atoms with van der Waals surface area (Å²) in [5, 5.41) is 5.34. The molecule has 0 saturated heterocycles. The second-order valence-electron chi connectivity index (χ2n) is 5.20. The summed E-state index contributed by atoms with van der Waals surface area (Å²) in [6.45, 7) is 0. The molecule has 0 saturated carbocycles. The molecule has 2 aromatic heterocycles. The second kappa shape index (κ2) is 4.60. The van der Waals surface area contributed by atoms with Gasteiger partial charge in [0, 0.05) is 22.9 Å². The number of hydrogen-bond acceptors (Lipinski definition) is 2. The molecule has 0 N–H and O–H groups in total. The molecule has 0 unspecified atom stereocenters. The maximum absolute atomic E-state index is 6.52. The highest BCUT2D eigenvalue weighted by molar-refractivity contribution is 6.30. The van der Waals surface area contributed by atoms with Gasteiger partial charge in [-0.25, -0.2) is 9.50 Å². The van der Waals surface area contributed by atoms with E-state index in [1.54, 1.807) is 4.52 Å². The summed E-state index contributed by atoms with van der Waals surface area (Å²) in [6.07, 6.45) is 4.42. The molecule has 3 aromatic rings. The Balaban J connectivity index is 1.93. The number of halogens is 1. The van der Waals surface area contributed by atoms with E-state index in [-0.39, 0.29) is 0 Å². The van der Waals surface area contributed by atoms with Gasteiger partial charge in [-0.05, 0) is 25.7 Å². The first-order valence-electron chi connectivity index (χ1n) is 6.95. The molecule has 0 atom stereocenters. The molecule has 100 valence electrons. The lowest BCUT2D eigenvalue weighted by Gasteiger charge is -2.16. The maximum Gasteiger partial charge on any atom is 0.157 e. The van der Waals surface area contributed by atoms with E-state index in [0.29, 0.717) is 0 Å². The highest BCUT2D eigenvalue weighted by Crippen LogP contribution is 2.29. The molecule has 0 spiro atoms. The van der Waals surface area contributed by atoms with Crippen LogP contribution in [0.3, 0.4) is 0 Å². The van der Waals surface area contributed by atoms with Crippen molar-refractivity contribution in [3.63, 3.8) is 0 Å². The van der Waals surface area contributed by atoms with Crippen molar-refractivity contribution in [2.24, 2.45) is 0 Å². The van der Waals surface area contributed by atoms with E-state index in [0.717, 1.165) is 40.6 Å². The Morgan fingerprint density at radius 3 is 2.70 bits per heavy atom. The Morgan fingerprint density at radius 2 is 1.85 bits per heavy atom. The Kier molecular flexibility index (Phi) is 2.74. The van der Waals surface area contributed by atoms with Gasteiger partial charge in [0.1, 0.15) is 5.15 Å². The van der Waals surface area contributed by atoms with Gasteiger partial charge in [0.2, 0.25) is 0 Å². The van der Waals surface area contributed by atoms with E-state index in [1.165, 1.54) is 18.4 Å². The van der Waals surface area contributed by atoms with Gasteiger partial charge in [0.15, 0.2) is 5.65 Å². The minimum Gasteiger partial charge on any atom is -0.233 e. The van der Waals surface area contributed by atoms with Gasteiger partial charge < -0.3 is 0 Å². The zero-order chi connectivity index (χ0) is 13.5. The van der Waals surface area contributed by atoms with Gasteiger partial charge in [-0.1, -0.05) is 41.9 Å². The monoisotopic (exact) mass is 283 g/mol. The Bertz CT molecular complexity index is 777. The fraction of sp³-hybridized carbons (Fsp3) is 0.250. The van der Waals surface area contributed by atoms with E-state index < -0.39 is 0 Å². The Hall–Kier alpha value is -1.87. The molecule has 2 heterocycles. The molecule has 1 aliphatic carbocycles. The third-order valence-corrected chi connectivity index (χ3v) is 4.27. The number of hydrogen-bond donors (Lipinski definition) is 0. The van der Waals surface area contributed by atoms with Crippen molar-refractivity contribution in [3.05, 3.63) is 52.8 Å². The van der Waals surface area contributed by atoms with Gasteiger partial charge >= 0.3 is 0 Å². The van der Waals surface area contributed by atoms with Crippen LogP contribution in [0, 0.1) is 0 Å². The van der Waals surface area contributed by atoms with Crippen molar-refractivity contribution < 1.29 is 0 Å². The molecule has 0 aliphatic heterocycles. The van der Waals surface area contributed by atoms with Gasteiger partial charge in [-0.15, -0.1) is 0 Å². The van der Waals surface area contributed by atoms with E-state index in [1.807, 2.05) is 24.3 Å². The number of aryl methyl sites for hydroxylation is 1. The number of fused-ring (bicyclic) bond motifs is 2. The van der Waals surface area contributed by atoms with Crippen LogP contribution in [-0.2, 0) is 12.8 Å². The molecule has 0 fully saturated rings. The van der Waals surface area contributed by atoms with Crippen LogP contribution in [0.15, 0.2) is 36.4 Å². The van der Waals surface area contributed by atoms with E-state index in [2.05, 4.69) is 17.2 Å². The lowest BCUT2D eigenvalue weighted by Crippen LogP contribution is -2.09. The summed E-state index contributed by atoms with van der Waals surface area (Å²) in [6, 6.07) is 12.1. The molecular weight excluding hydrogens is 270 g/mol. The van der Waals surface area contributed by atoms with E-state index in [4.69, 9.17) is 16.6 Å². The molecule has 20 heavy (non-hydrogen) atoms. The van der Waals surface area contributed by atoms with Crippen LogP contribution in [0.1, 0.15) is 24.1 Å². The zero-order valence-electron chi connectivity index (χ0n) is 11.0. The van der Waals surface area contributed by atoms with E-state index in [9.17, 15) is 0 Å². The molecule has 4 heteroatoms. The van der Waals surface area contributed by atoms with Crippen molar-refractivity contribution >= 4 is 17.2 Å². The number of nitrogens with zero attached hydrogens (tertiary/aromatic N) is 3. The van der Waals surface area contributed by atoms with Crippen molar-refractivity contribution in [1.82, 2.24) is 14.6 Å². The summed E-state index contributed by atoms with van der Waals surface area (Å²) in [4.78, 5) is 4.74. The highest BCUT2D eigenvalue weighted by atomic mass is 35.5. The minimum absolute atomic E-state index is 0.729. The molecule has 1 aromatic carbocycles. The van der Waals surface area contributed by atoms with Gasteiger partial charge in [-0.3, -0.25) is 0 Å². The SMILES string of the molecule is Clc1c2c(nc3cc(-c4ccccc4)nn13)CCCC2. The molecule has 0 amide bonds. The van der Waals surface area contributed by atoms with Crippen LogP contribution < -0.4 is 0 Å². The van der Waals surface area contributed by atoms with Crippen molar-refractivity contribution in [2.45, 2.75) is 25.7 Å². The van der Waals surface area contributed by atoms with Gasteiger partial charge in [-0.2, -0.15) is 5.10 Å². The summed E-state index contributed by atoms with van der Waals surface area (Å²) in [7, 11) is 0. The smallest absolute Gasteiger partial charge is 0.157 e. The largest absolute Gasteiger partial charge is 0.233 e. The van der Waals surface area contributed by atoms with Crippen LogP contribution in [-0.4, -0.2) is 14.6 Å². The first kappa shape index (κ1) is 11.9. The Morgan fingerprint density at radius 1 is 1.05 bits per heavy atom. The summed E-state index contributed by atoms with van der Waals surface area (Å²) in [5.74, 6) is 0. The Labute approximate surface area is 122 Å². The number of benzene rings is 1. The highest BCUT2D eigenvalue weighted by Gasteiger charge is 2.18. The summed E-state index contributed by atoms with van der Waals surface area (Å²) < 4.78 is 1.77. The molecule has 3 nitrogen and oxygen atoms in total. The third kappa shape index (κ3) is 1.81. The third-order valence-electron chi connectivity index (χ3n) is 3.88. The first-order chi connectivity index (χ1) is 9.83. The number of rotatable bonds is 1. The molecular formula is C16H14ClN3. The number of aromatic nitrogens is 3. The molecule has 0 radical (unpaired) electrons. The zero-order valence-corrected chi connectivity index (χ0v) is 11.8. The van der Waals surface area contributed by atoms with Crippen molar-refractivity contribution in [1.29, 1.82) is 0 Å². The van der Waals surface area contributed by atoms with Crippen molar-refractivity contribution in [2.75, 3.05) is 0 Å². The lowest BCUT2D eigenvalue weighted by atomic mass is 9.97. The molecule has 0 bridgehead atoms. The van der Waals surface area contributed by atoms with Gasteiger partial charge in [0.05, 0.1) is 5.69 Å². The lowest BCUT2D eigenvalue weighted by molar-refractivity contribution is 0.660. The standard InChI is InChI=1S/C16H14ClN3/c17-16-12-8-4-5-9-13(12)18-15-10-14(19-20(15)16)11-6-2-1-3-7-11/h1-3,6-7,10H,4-5,8-9H2. The molecule has 1 aliphatic rings. The topological polar surface area (TPSA) is 30.2 Å². The first-order valence-corrected chi connectivity index (χ1v) is 7.33. The van der Waals surface area contributed by atoms with Crippen LogP contribution in [0.2, 0.25) is 5.15 Å². The quantitative estimate of drug-likeness (QED) is 0.634. The fourth-order valence-corrected chi connectivity index (χ4v) is 3.17. The summed E-state index contributed by atoms with van der Waals surface area (Å²) in [5.41, 5.74) is 5.17. The maximum atomic E-state index is 6.52. The average Bonchev–Trinajstić information content (AvgIpc) is 2.93. The normalized spacial score (nSPS) is 14.4. The second-order valence-corrected chi connectivity index (χ2v) is 5.56.